The fourth-order valence-corrected chi connectivity index (χ4v) is 9.95. The lowest BCUT2D eigenvalue weighted by atomic mass is 9.49. The molecule has 2 N–H and O–H groups in total. The van der Waals surface area contributed by atoms with Gasteiger partial charge in [-0.05, 0) is 78.4 Å². The van der Waals surface area contributed by atoms with E-state index in [1.807, 2.05) is 0 Å². The molecule has 2 aliphatic carbocycles. The van der Waals surface area contributed by atoms with Crippen molar-refractivity contribution in [2.24, 2.45) is 23.7 Å². The lowest BCUT2D eigenvalue weighted by molar-refractivity contribution is -0.143. The highest BCUT2D eigenvalue weighted by atomic mass is 35.5. The van der Waals surface area contributed by atoms with Crippen LogP contribution in [0.4, 0.5) is 51.0 Å². The van der Waals surface area contributed by atoms with E-state index in [4.69, 9.17) is 39.5 Å². The molecule has 22 heteroatoms. The Labute approximate surface area is 364 Å². The number of nitrogens with one attached hydrogen (secondary N) is 1. The van der Waals surface area contributed by atoms with Gasteiger partial charge in [0.05, 0.1) is 62.7 Å². The number of hydrogen-bond acceptors (Lipinski definition) is 8. The molecule has 63 heavy (non-hydrogen) atoms. The molecule has 0 bridgehead atoms. The predicted molar refractivity (Wildman–Crippen MR) is 205 cm³/mol. The van der Waals surface area contributed by atoms with Gasteiger partial charge in [0.25, 0.3) is 11.8 Å². The van der Waals surface area contributed by atoms with Crippen LogP contribution in [0.15, 0.2) is 78.5 Å². The van der Waals surface area contributed by atoms with E-state index in [0.717, 1.165) is 0 Å². The van der Waals surface area contributed by atoms with E-state index in [2.05, 4.69) is 10.4 Å². The summed E-state index contributed by atoms with van der Waals surface area (Å²) in [4.78, 5) is 62.9. The van der Waals surface area contributed by atoms with Gasteiger partial charge in [-0.1, -0.05) is 58.6 Å². The van der Waals surface area contributed by atoms with Crippen LogP contribution >= 0.6 is 34.8 Å². The largest absolute Gasteiger partial charge is 0.503 e. The Hall–Kier alpha value is -5.53. The molecule has 4 amide bonds. The first-order chi connectivity index (χ1) is 29.4. The average Bonchev–Trinajstić information content (AvgIpc) is 3.59. The second-order valence-electron chi connectivity index (χ2n) is 15.2. The van der Waals surface area contributed by atoms with E-state index in [-0.39, 0.29) is 62.0 Å². The number of hydrogen-bond donors (Lipinski definition) is 2. The second kappa shape index (κ2) is 15.0. The Morgan fingerprint density at radius 3 is 1.97 bits per heavy atom. The van der Waals surface area contributed by atoms with Crippen LogP contribution in [0.25, 0.3) is 0 Å². The van der Waals surface area contributed by atoms with Crippen molar-refractivity contribution >= 4 is 69.9 Å². The maximum absolute atomic E-state index is 15.4. The van der Waals surface area contributed by atoms with E-state index < -0.39 is 123 Å². The summed E-state index contributed by atoms with van der Waals surface area (Å²) in [6.07, 6.45) is -14.4. The number of imide groups is 2. The lowest BCUT2D eigenvalue weighted by Crippen LogP contribution is -2.53. The summed E-state index contributed by atoms with van der Waals surface area (Å²) in [5.41, 5.74) is -4.99. The summed E-state index contributed by atoms with van der Waals surface area (Å²) < 4.78 is 130. The molecule has 330 valence electrons. The number of methoxy groups -OCH3 is 1. The summed E-state index contributed by atoms with van der Waals surface area (Å²) in [5, 5.41) is 10.5. The van der Waals surface area contributed by atoms with E-state index in [1.165, 1.54) is 49.6 Å². The highest BCUT2D eigenvalue weighted by molar-refractivity contribution is 6.33. The Bertz CT molecular complexity index is 2630. The van der Waals surface area contributed by atoms with Gasteiger partial charge >= 0.3 is 18.5 Å². The minimum Gasteiger partial charge on any atom is -0.503 e. The molecule has 0 spiro atoms. The summed E-state index contributed by atoms with van der Waals surface area (Å²) in [5.74, 6) is -12.7. The fraction of sp³-hybridized carbons (Fsp3) is 0.293. The van der Waals surface area contributed by atoms with Gasteiger partial charge < -0.3 is 9.84 Å². The van der Waals surface area contributed by atoms with Gasteiger partial charge in [0.2, 0.25) is 11.8 Å². The van der Waals surface area contributed by atoms with Gasteiger partial charge in [0.1, 0.15) is 0 Å². The van der Waals surface area contributed by atoms with E-state index in [1.54, 1.807) is 0 Å². The summed E-state index contributed by atoms with van der Waals surface area (Å²) in [6, 6.07) is 9.09. The number of carbonyl (C=O) groups excluding carboxylic acids is 4. The van der Waals surface area contributed by atoms with Crippen LogP contribution in [0.2, 0.25) is 15.1 Å². The Balaban J connectivity index is 1.32. The van der Waals surface area contributed by atoms with Gasteiger partial charge in [-0.25, -0.2) is 9.88 Å². The summed E-state index contributed by atoms with van der Waals surface area (Å²) >= 11 is 19.0. The van der Waals surface area contributed by atoms with Crippen molar-refractivity contribution in [2.45, 2.75) is 42.7 Å². The number of carbonyl (C=O) groups is 4. The number of nitrogens with zero attached hydrogens (tertiary/aromatic N) is 3. The third-order valence-electron chi connectivity index (χ3n) is 12.0. The molecule has 2 saturated heterocycles. The topological polar surface area (TPSA) is 129 Å². The number of pyridine rings is 1. The molecule has 0 radical (unpaired) electrons. The van der Waals surface area contributed by atoms with Crippen molar-refractivity contribution < 1.29 is 68.5 Å². The maximum Gasteiger partial charge on any atom is 0.417 e. The van der Waals surface area contributed by atoms with Crippen molar-refractivity contribution in [3.05, 3.63) is 121 Å². The predicted octanol–water partition coefficient (Wildman–Crippen LogP) is 10.0. The molecule has 8 rings (SSSR count). The van der Waals surface area contributed by atoms with Crippen LogP contribution in [0.3, 0.4) is 0 Å². The Morgan fingerprint density at radius 2 is 1.40 bits per heavy atom. The van der Waals surface area contributed by atoms with E-state index in [9.17, 15) is 59.0 Å². The van der Waals surface area contributed by atoms with Gasteiger partial charge in [-0.15, -0.1) is 0 Å². The van der Waals surface area contributed by atoms with E-state index in [0.29, 0.717) is 17.3 Å². The third-order valence-corrected chi connectivity index (χ3v) is 12.8. The number of aromatic hydroxyl groups is 1. The van der Waals surface area contributed by atoms with Crippen LogP contribution < -0.4 is 15.1 Å². The van der Waals surface area contributed by atoms with Gasteiger partial charge in [-0.2, -0.15) is 44.5 Å². The monoisotopic (exact) mass is 946 g/mol. The van der Waals surface area contributed by atoms with Crippen LogP contribution in [0.5, 0.6) is 11.5 Å². The van der Waals surface area contributed by atoms with Gasteiger partial charge in [0, 0.05) is 17.1 Å². The number of alkyl halides is 9. The minimum absolute atomic E-state index is 0.0963. The van der Waals surface area contributed by atoms with Crippen molar-refractivity contribution in [2.75, 3.05) is 17.4 Å². The molecule has 3 heterocycles. The average molecular weight is 948 g/mol. The van der Waals surface area contributed by atoms with Crippen molar-refractivity contribution in [3.63, 3.8) is 0 Å². The molecular weight excluding hydrogens is 922 g/mol. The third kappa shape index (κ3) is 7.02. The smallest absolute Gasteiger partial charge is 0.417 e. The van der Waals surface area contributed by atoms with Crippen LogP contribution in [-0.4, -0.2) is 45.8 Å². The number of rotatable bonds is 6. The number of phenolic OH excluding ortho intramolecular Hbond substituents is 1. The summed E-state index contributed by atoms with van der Waals surface area (Å²) in [7, 11) is 1.19. The number of ether oxygens (including phenoxy) is 1. The van der Waals surface area contributed by atoms with Crippen LogP contribution in [0, 0.1) is 23.7 Å². The number of halogens is 12. The van der Waals surface area contributed by atoms with Crippen LogP contribution in [-0.2, 0) is 43.1 Å². The molecule has 3 fully saturated rings. The molecule has 1 aromatic heterocycles. The Kier molecular flexibility index (Phi) is 10.5. The number of hydrazine groups is 1. The number of allylic oxidation sites excluding steroid dienone is 2. The molecule has 2 aliphatic heterocycles. The molecule has 6 atom stereocenters. The Morgan fingerprint density at radius 1 is 0.778 bits per heavy atom. The lowest BCUT2D eigenvalue weighted by Gasteiger charge is -2.50. The van der Waals surface area contributed by atoms with Crippen molar-refractivity contribution in [1.82, 2.24) is 9.99 Å². The number of benzene rings is 3. The van der Waals surface area contributed by atoms with E-state index >= 15 is 4.79 Å². The normalized spacial score (nSPS) is 24.9. The standard InChI is InChI=1S/C41H26Cl3F9N4O6/c1-63-29-9-16(8-27(43)32(29)58)31-23-6-7-24-30(36(61)56(34(24)59)22-11-18(39(45,46)47)10-19(12-22)40(48,49)50)25(23)14-26-35(60)57(37(62)38(26,31)17-2-4-21(42)5-3-17)55-33-28(44)13-20(15-54-33)41(51,52)53/h2-6,8-13,15,24-26,30-31,58H,7,14H2,1H3,(H,54,55). The quantitative estimate of drug-likeness (QED) is 0.111. The highest BCUT2D eigenvalue weighted by Crippen LogP contribution is 2.65. The number of anilines is 2. The molecule has 6 unspecified atom stereocenters. The van der Waals surface area contributed by atoms with Crippen molar-refractivity contribution in [1.29, 1.82) is 0 Å². The fourth-order valence-electron chi connectivity index (χ4n) is 9.40. The number of phenols is 1. The van der Waals surface area contributed by atoms with Crippen molar-refractivity contribution in [3.8, 4) is 11.5 Å². The zero-order valence-electron chi connectivity index (χ0n) is 31.6. The highest BCUT2D eigenvalue weighted by Gasteiger charge is 2.70. The van der Waals surface area contributed by atoms with Gasteiger partial charge in [-0.3, -0.25) is 24.6 Å². The molecule has 10 nitrogen and oxygen atoms in total. The number of aromatic nitrogens is 1. The molecule has 4 aromatic rings. The molecule has 3 aromatic carbocycles. The maximum atomic E-state index is 15.4. The zero-order chi connectivity index (χ0) is 45.9. The first-order valence-electron chi connectivity index (χ1n) is 18.5. The SMILES string of the molecule is COc1cc(C2C3=CCC4C(=O)N(c5cc(C(F)(F)F)cc(C(F)(F)F)c5)C(=O)C4C3CC3C(=O)N(Nc4ncc(C(F)(F)F)cc4Cl)C(=O)C32c2ccc(Cl)cc2)cc(Cl)c1O. The molecular formula is C41H26Cl3F9N4O6. The second-order valence-corrected chi connectivity index (χ2v) is 16.5. The zero-order valence-corrected chi connectivity index (χ0v) is 33.9. The van der Waals surface area contributed by atoms with Gasteiger partial charge in [0.15, 0.2) is 17.3 Å². The first-order valence-corrected chi connectivity index (χ1v) is 19.6. The minimum atomic E-state index is -5.33. The first kappa shape index (κ1) is 44.1. The summed E-state index contributed by atoms with van der Waals surface area (Å²) in [6.45, 7) is 0. The van der Waals surface area contributed by atoms with Crippen LogP contribution in [0.1, 0.15) is 46.6 Å². The molecule has 1 saturated carbocycles. The molecule has 4 aliphatic rings. The number of fused-ring (bicyclic) bond motifs is 4. The number of amides is 4.